The molecular formula is C18H14FNO3S. The van der Waals surface area contributed by atoms with Crippen molar-refractivity contribution in [1.82, 2.24) is 4.98 Å². The van der Waals surface area contributed by atoms with E-state index in [1.807, 2.05) is 29.6 Å². The quantitative estimate of drug-likeness (QED) is 0.648. The van der Waals surface area contributed by atoms with Crippen LogP contribution in [0.2, 0.25) is 0 Å². The Kier molecular flexibility index (Phi) is 4.86. The van der Waals surface area contributed by atoms with Crippen molar-refractivity contribution < 1.29 is 18.7 Å². The number of nitrogens with zero attached hydrogens (tertiary/aromatic N) is 1. The van der Waals surface area contributed by atoms with E-state index >= 15 is 0 Å². The van der Waals surface area contributed by atoms with E-state index in [2.05, 4.69) is 4.98 Å². The first-order valence-electron chi connectivity index (χ1n) is 7.17. The number of thiazole rings is 1. The number of benzene rings is 2. The van der Waals surface area contributed by atoms with Crippen molar-refractivity contribution in [2.24, 2.45) is 0 Å². The molecule has 0 fully saturated rings. The minimum Gasteiger partial charge on any atom is -0.497 e. The van der Waals surface area contributed by atoms with Gasteiger partial charge in [-0.2, -0.15) is 0 Å². The van der Waals surface area contributed by atoms with Gasteiger partial charge >= 0.3 is 5.97 Å². The number of rotatable bonds is 5. The molecule has 6 heteroatoms. The Hall–Kier alpha value is -2.73. The molecule has 2 aromatic carbocycles. The molecule has 3 rings (SSSR count). The molecule has 0 amide bonds. The van der Waals surface area contributed by atoms with Crippen molar-refractivity contribution in [3.05, 3.63) is 71.0 Å². The van der Waals surface area contributed by atoms with Crippen molar-refractivity contribution >= 4 is 17.3 Å². The maximum atomic E-state index is 12.8. The Balaban J connectivity index is 1.65. The fourth-order valence-electron chi connectivity index (χ4n) is 2.07. The van der Waals surface area contributed by atoms with Gasteiger partial charge in [0.25, 0.3) is 0 Å². The maximum Gasteiger partial charge on any atom is 0.338 e. The third-order valence-corrected chi connectivity index (χ3v) is 4.24. The lowest BCUT2D eigenvalue weighted by Crippen LogP contribution is -2.05. The highest BCUT2D eigenvalue weighted by molar-refractivity contribution is 7.13. The number of methoxy groups -OCH3 is 1. The van der Waals surface area contributed by atoms with Crippen LogP contribution >= 0.6 is 11.3 Å². The third kappa shape index (κ3) is 3.78. The molecule has 0 saturated carbocycles. The molecular weight excluding hydrogens is 329 g/mol. The van der Waals surface area contributed by atoms with Crippen LogP contribution in [0.1, 0.15) is 16.1 Å². The van der Waals surface area contributed by atoms with E-state index in [4.69, 9.17) is 9.47 Å². The lowest BCUT2D eigenvalue weighted by atomic mass is 10.2. The van der Waals surface area contributed by atoms with Gasteiger partial charge in [0.2, 0.25) is 0 Å². The number of esters is 1. The Labute approximate surface area is 142 Å². The second-order valence-corrected chi connectivity index (χ2v) is 5.82. The lowest BCUT2D eigenvalue weighted by molar-refractivity contribution is 0.0468. The van der Waals surface area contributed by atoms with Crippen LogP contribution in [0.15, 0.2) is 53.9 Å². The van der Waals surface area contributed by atoms with Crippen LogP contribution in [0, 0.1) is 5.82 Å². The smallest absolute Gasteiger partial charge is 0.338 e. The van der Waals surface area contributed by atoms with Crippen molar-refractivity contribution in [1.29, 1.82) is 0 Å². The van der Waals surface area contributed by atoms with Crippen LogP contribution in [0.3, 0.4) is 0 Å². The minimum absolute atomic E-state index is 0.0661. The summed E-state index contributed by atoms with van der Waals surface area (Å²) in [5, 5.41) is 2.66. The van der Waals surface area contributed by atoms with Gasteiger partial charge in [0.1, 0.15) is 23.2 Å². The molecule has 4 nitrogen and oxygen atoms in total. The molecule has 0 N–H and O–H groups in total. The molecule has 0 aliphatic heterocycles. The number of carbonyl (C=O) groups excluding carboxylic acids is 1. The summed E-state index contributed by atoms with van der Waals surface area (Å²) in [4.78, 5) is 16.4. The SMILES string of the molecule is COc1cccc(-c2nc(COC(=O)c3ccc(F)cc3)cs2)c1. The predicted molar refractivity (Wildman–Crippen MR) is 89.6 cm³/mol. The van der Waals surface area contributed by atoms with Crippen molar-refractivity contribution in [2.75, 3.05) is 7.11 Å². The molecule has 1 aromatic heterocycles. The molecule has 0 atom stereocenters. The summed E-state index contributed by atoms with van der Waals surface area (Å²) in [6.07, 6.45) is 0. The lowest BCUT2D eigenvalue weighted by Gasteiger charge is -2.03. The number of carbonyl (C=O) groups is 1. The van der Waals surface area contributed by atoms with E-state index in [0.717, 1.165) is 16.3 Å². The van der Waals surface area contributed by atoms with Crippen LogP contribution in [-0.4, -0.2) is 18.1 Å². The van der Waals surface area contributed by atoms with Crippen molar-refractivity contribution in [2.45, 2.75) is 6.61 Å². The van der Waals surface area contributed by atoms with Crippen molar-refractivity contribution in [3.63, 3.8) is 0 Å². The van der Waals surface area contributed by atoms with Gasteiger partial charge in [-0.1, -0.05) is 12.1 Å². The molecule has 0 bridgehead atoms. The number of ether oxygens (including phenoxy) is 2. The number of aromatic nitrogens is 1. The van der Waals surface area contributed by atoms with E-state index in [1.54, 1.807) is 7.11 Å². The van der Waals surface area contributed by atoms with E-state index in [1.165, 1.54) is 35.6 Å². The van der Waals surface area contributed by atoms with Crippen molar-refractivity contribution in [3.8, 4) is 16.3 Å². The van der Waals surface area contributed by atoms with Gasteiger partial charge in [-0.3, -0.25) is 0 Å². The van der Waals surface area contributed by atoms with E-state index in [0.29, 0.717) is 11.3 Å². The zero-order valence-corrected chi connectivity index (χ0v) is 13.7. The highest BCUT2D eigenvalue weighted by Gasteiger charge is 2.10. The zero-order chi connectivity index (χ0) is 16.9. The average Bonchev–Trinajstić information content (AvgIpc) is 3.09. The van der Waals surface area contributed by atoms with Gasteiger partial charge in [0.05, 0.1) is 18.4 Å². The Morgan fingerprint density at radius 3 is 2.75 bits per heavy atom. The number of halogens is 1. The van der Waals surface area contributed by atoms with Gasteiger partial charge in [0.15, 0.2) is 0 Å². The summed E-state index contributed by atoms with van der Waals surface area (Å²) in [5.41, 5.74) is 1.91. The van der Waals surface area contributed by atoms with Crippen LogP contribution in [0.25, 0.3) is 10.6 Å². The van der Waals surface area contributed by atoms with Crippen LogP contribution in [-0.2, 0) is 11.3 Å². The first-order valence-corrected chi connectivity index (χ1v) is 8.05. The van der Waals surface area contributed by atoms with Gasteiger partial charge in [-0.25, -0.2) is 14.2 Å². The highest BCUT2D eigenvalue weighted by atomic mass is 32.1. The summed E-state index contributed by atoms with van der Waals surface area (Å²) in [6, 6.07) is 12.8. The monoisotopic (exact) mass is 343 g/mol. The molecule has 0 aliphatic carbocycles. The average molecular weight is 343 g/mol. The molecule has 122 valence electrons. The van der Waals surface area contributed by atoms with E-state index < -0.39 is 11.8 Å². The molecule has 3 aromatic rings. The first-order chi connectivity index (χ1) is 11.7. The fourth-order valence-corrected chi connectivity index (χ4v) is 2.87. The Bertz CT molecular complexity index is 845. The predicted octanol–water partition coefficient (Wildman–Crippen LogP) is 4.31. The summed E-state index contributed by atoms with van der Waals surface area (Å²) in [6.45, 7) is 0.0661. The summed E-state index contributed by atoms with van der Waals surface area (Å²) >= 11 is 1.46. The normalized spacial score (nSPS) is 10.4. The van der Waals surface area contributed by atoms with Gasteiger partial charge < -0.3 is 9.47 Å². The molecule has 1 heterocycles. The number of hydrogen-bond acceptors (Lipinski definition) is 5. The topological polar surface area (TPSA) is 48.4 Å². The molecule has 24 heavy (non-hydrogen) atoms. The van der Waals surface area contributed by atoms with Crippen LogP contribution in [0.4, 0.5) is 4.39 Å². The summed E-state index contributed by atoms with van der Waals surface area (Å²) in [5.74, 6) is -0.146. The maximum absolute atomic E-state index is 12.8. The van der Waals surface area contributed by atoms with Crippen LogP contribution < -0.4 is 4.74 Å². The van der Waals surface area contributed by atoms with Crippen LogP contribution in [0.5, 0.6) is 5.75 Å². The molecule has 0 saturated heterocycles. The molecule has 0 unspecified atom stereocenters. The summed E-state index contributed by atoms with van der Waals surface area (Å²) < 4.78 is 23.3. The largest absolute Gasteiger partial charge is 0.497 e. The van der Waals surface area contributed by atoms with E-state index in [-0.39, 0.29) is 6.61 Å². The number of hydrogen-bond donors (Lipinski definition) is 0. The molecule has 0 radical (unpaired) electrons. The van der Waals surface area contributed by atoms with E-state index in [9.17, 15) is 9.18 Å². The third-order valence-electron chi connectivity index (χ3n) is 3.30. The highest BCUT2D eigenvalue weighted by Crippen LogP contribution is 2.27. The Morgan fingerprint density at radius 1 is 1.21 bits per heavy atom. The molecule has 0 aliphatic rings. The Morgan fingerprint density at radius 2 is 2.00 bits per heavy atom. The fraction of sp³-hybridized carbons (Fsp3) is 0.111. The van der Waals surface area contributed by atoms with Gasteiger partial charge in [-0.05, 0) is 36.4 Å². The summed E-state index contributed by atoms with van der Waals surface area (Å²) in [7, 11) is 1.61. The van der Waals surface area contributed by atoms with Gasteiger partial charge in [-0.15, -0.1) is 11.3 Å². The minimum atomic E-state index is -0.508. The standard InChI is InChI=1S/C18H14FNO3S/c1-22-16-4-2-3-13(9-16)17-20-15(11-24-17)10-23-18(21)12-5-7-14(19)8-6-12/h2-9,11H,10H2,1H3. The zero-order valence-electron chi connectivity index (χ0n) is 12.9. The van der Waals surface area contributed by atoms with Gasteiger partial charge in [0, 0.05) is 10.9 Å². The first kappa shape index (κ1) is 16.1. The second kappa shape index (κ2) is 7.23. The molecule has 0 spiro atoms. The second-order valence-electron chi connectivity index (χ2n) is 4.96.